The molecule has 1 aliphatic rings. The van der Waals surface area contributed by atoms with Gasteiger partial charge >= 0.3 is 0 Å². The number of benzene rings is 1. The minimum atomic E-state index is -0.159. The molecule has 1 amide bonds. The van der Waals surface area contributed by atoms with Crippen LogP contribution < -0.4 is 11.3 Å². The number of carbonyl (C=O) groups excluding carboxylic acids is 1. The Morgan fingerprint density at radius 1 is 1.33 bits per heavy atom. The summed E-state index contributed by atoms with van der Waals surface area (Å²) < 4.78 is 0. The third kappa shape index (κ3) is 4.81. The average molecular weight is 290 g/mol. The monoisotopic (exact) mass is 290 g/mol. The second-order valence-corrected chi connectivity index (χ2v) is 6.09. The molecule has 21 heavy (non-hydrogen) atoms. The molecular formula is C16H26N4O. The van der Waals surface area contributed by atoms with Gasteiger partial charge in [0.2, 0.25) is 5.91 Å². The zero-order valence-corrected chi connectivity index (χ0v) is 13.0. The molecule has 1 unspecified atom stereocenters. The van der Waals surface area contributed by atoms with Crippen molar-refractivity contribution < 1.29 is 4.79 Å². The summed E-state index contributed by atoms with van der Waals surface area (Å²) in [5, 5.41) is 0. The van der Waals surface area contributed by atoms with Gasteiger partial charge in [-0.25, -0.2) is 5.84 Å². The number of hydrogen-bond acceptors (Lipinski definition) is 4. The summed E-state index contributed by atoms with van der Waals surface area (Å²) in [4.78, 5) is 16.1. The first-order chi connectivity index (χ1) is 10.1. The van der Waals surface area contributed by atoms with Crippen molar-refractivity contribution in [2.75, 3.05) is 27.2 Å². The largest absolute Gasteiger partial charge is 0.308 e. The third-order valence-electron chi connectivity index (χ3n) is 4.01. The Labute approximate surface area is 127 Å². The number of likely N-dealkylation sites (tertiary alicyclic amines) is 1. The molecule has 0 aliphatic carbocycles. The topological polar surface area (TPSA) is 61.6 Å². The molecule has 1 aromatic carbocycles. The Morgan fingerprint density at radius 2 is 2.00 bits per heavy atom. The lowest BCUT2D eigenvalue weighted by molar-refractivity contribution is -0.120. The van der Waals surface area contributed by atoms with Gasteiger partial charge < -0.3 is 4.90 Å². The summed E-state index contributed by atoms with van der Waals surface area (Å²) in [5.74, 6) is 4.94. The van der Waals surface area contributed by atoms with E-state index in [0.29, 0.717) is 12.5 Å². The number of hydrazine groups is 1. The Hall–Kier alpha value is -1.43. The van der Waals surface area contributed by atoms with Crippen LogP contribution >= 0.6 is 0 Å². The molecule has 0 aromatic heterocycles. The van der Waals surface area contributed by atoms with Crippen molar-refractivity contribution in [3.05, 3.63) is 35.4 Å². The molecule has 1 fully saturated rings. The highest BCUT2D eigenvalue weighted by Gasteiger charge is 2.24. The lowest BCUT2D eigenvalue weighted by atomic mass is 10.1. The second kappa shape index (κ2) is 7.54. The Morgan fingerprint density at radius 3 is 2.62 bits per heavy atom. The fourth-order valence-electron chi connectivity index (χ4n) is 2.97. The van der Waals surface area contributed by atoms with Crippen LogP contribution in [0.1, 0.15) is 24.0 Å². The fourth-order valence-corrected chi connectivity index (χ4v) is 2.97. The molecule has 5 nitrogen and oxygen atoms in total. The van der Waals surface area contributed by atoms with E-state index in [1.54, 1.807) is 0 Å². The van der Waals surface area contributed by atoms with E-state index in [1.165, 1.54) is 24.9 Å². The van der Waals surface area contributed by atoms with E-state index in [1.807, 2.05) is 12.1 Å². The first-order valence-corrected chi connectivity index (χ1v) is 7.54. The van der Waals surface area contributed by atoms with Gasteiger partial charge in [-0.2, -0.15) is 0 Å². The molecule has 3 N–H and O–H groups in total. The lowest BCUT2D eigenvalue weighted by Crippen LogP contribution is -2.37. The van der Waals surface area contributed by atoms with Crippen molar-refractivity contribution >= 4 is 5.91 Å². The minimum Gasteiger partial charge on any atom is -0.308 e. The van der Waals surface area contributed by atoms with Crippen LogP contribution in [0.15, 0.2) is 24.3 Å². The van der Waals surface area contributed by atoms with Crippen molar-refractivity contribution in [3.63, 3.8) is 0 Å². The molecule has 1 aliphatic heterocycles. The predicted molar refractivity (Wildman–Crippen MR) is 84.5 cm³/mol. The van der Waals surface area contributed by atoms with Crippen molar-refractivity contribution in [3.8, 4) is 0 Å². The van der Waals surface area contributed by atoms with Crippen molar-refractivity contribution in [2.45, 2.75) is 31.8 Å². The van der Waals surface area contributed by atoms with Crippen LogP contribution in [0.4, 0.5) is 0 Å². The van der Waals surface area contributed by atoms with Crippen molar-refractivity contribution in [1.82, 2.24) is 15.2 Å². The Kier molecular flexibility index (Phi) is 5.73. The number of carbonyl (C=O) groups is 1. The van der Waals surface area contributed by atoms with Gasteiger partial charge in [0, 0.05) is 19.1 Å². The molecule has 1 atom stereocenters. The molecule has 0 radical (unpaired) electrons. The van der Waals surface area contributed by atoms with E-state index < -0.39 is 0 Å². The number of amides is 1. The summed E-state index contributed by atoms with van der Waals surface area (Å²) in [6.07, 6.45) is 2.91. The van der Waals surface area contributed by atoms with E-state index in [4.69, 9.17) is 5.84 Å². The highest BCUT2D eigenvalue weighted by atomic mass is 16.2. The summed E-state index contributed by atoms with van der Waals surface area (Å²) >= 11 is 0. The summed E-state index contributed by atoms with van der Waals surface area (Å²) in [5.41, 5.74) is 4.46. The van der Waals surface area contributed by atoms with E-state index in [2.05, 4.69) is 41.5 Å². The highest BCUT2D eigenvalue weighted by Crippen LogP contribution is 2.20. The van der Waals surface area contributed by atoms with E-state index in [-0.39, 0.29) is 5.91 Å². The molecule has 5 heteroatoms. The van der Waals surface area contributed by atoms with Crippen LogP contribution in [0.3, 0.4) is 0 Å². The van der Waals surface area contributed by atoms with Crippen molar-refractivity contribution in [2.24, 2.45) is 5.84 Å². The standard InChI is InChI=1S/C16H26N4O/c1-19(2)12-15-4-3-9-20(15)11-14-7-5-13(6-8-14)10-16(21)18-17/h5-8,15H,3-4,9-12,17H2,1-2H3,(H,18,21). The zero-order chi connectivity index (χ0) is 15.2. The first kappa shape index (κ1) is 15.9. The molecule has 0 saturated carbocycles. The summed E-state index contributed by atoms with van der Waals surface area (Å²) in [7, 11) is 4.27. The Bertz CT molecular complexity index is 458. The van der Waals surface area contributed by atoms with Gasteiger partial charge in [-0.15, -0.1) is 0 Å². The summed E-state index contributed by atoms with van der Waals surface area (Å²) in [6.45, 7) is 3.28. The molecule has 0 spiro atoms. The average Bonchev–Trinajstić information content (AvgIpc) is 2.87. The van der Waals surface area contributed by atoms with Gasteiger partial charge in [-0.1, -0.05) is 24.3 Å². The van der Waals surface area contributed by atoms with E-state index in [0.717, 1.165) is 18.7 Å². The second-order valence-electron chi connectivity index (χ2n) is 6.09. The predicted octanol–water partition coefficient (Wildman–Crippen LogP) is 0.745. The molecule has 1 heterocycles. The lowest BCUT2D eigenvalue weighted by Gasteiger charge is -2.27. The maximum atomic E-state index is 11.2. The van der Waals surface area contributed by atoms with Crippen LogP contribution in [-0.4, -0.2) is 48.9 Å². The van der Waals surface area contributed by atoms with Crippen LogP contribution in [0.2, 0.25) is 0 Å². The zero-order valence-electron chi connectivity index (χ0n) is 13.0. The fraction of sp³-hybridized carbons (Fsp3) is 0.562. The van der Waals surface area contributed by atoms with E-state index >= 15 is 0 Å². The number of likely N-dealkylation sites (N-methyl/N-ethyl adjacent to an activating group) is 1. The highest BCUT2D eigenvalue weighted by molar-refractivity contribution is 5.77. The Balaban J connectivity index is 1.92. The number of nitrogens with one attached hydrogen (secondary N) is 1. The SMILES string of the molecule is CN(C)CC1CCCN1Cc1ccc(CC(=O)NN)cc1. The molecule has 1 aromatic rings. The first-order valence-electron chi connectivity index (χ1n) is 7.54. The molecule has 2 rings (SSSR count). The van der Waals surface area contributed by atoms with Gasteiger partial charge in [-0.05, 0) is 44.6 Å². The smallest absolute Gasteiger partial charge is 0.238 e. The molecular weight excluding hydrogens is 264 g/mol. The van der Waals surface area contributed by atoms with Gasteiger partial charge in [-0.3, -0.25) is 15.1 Å². The molecule has 1 saturated heterocycles. The van der Waals surface area contributed by atoms with Gasteiger partial charge in [0.05, 0.1) is 6.42 Å². The van der Waals surface area contributed by atoms with Crippen molar-refractivity contribution in [1.29, 1.82) is 0 Å². The van der Waals surface area contributed by atoms with Crippen LogP contribution in [0.25, 0.3) is 0 Å². The molecule has 116 valence electrons. The quantitative estimate of drug-likeness (QED) is 0.461. The minimum absolute atomic E-state index is 0.159. The van der Waals surface area contributed by atoms with Crippen LogP contribution in [0.5, 0.6) is 0 Å². The van der Waals surface area contributed by atoms with Gasteiger partial charge in [0.25, 0.3) is 0 Å². The molecule has 0 bridgehead atoms. The van der Waals surface area contributed by atoms with Gasteiger partial charge in [0.1, 0.15) is 0 Å². The van der Waals surface area contributed by atoms with Gasteiger partial charge in [0.15, 0.2) is 0 Å². The third-order valence-corrected chi connectivity index (χ3v) is 4.01. The van der Waals surface area contributed by atoms with Crippen LogP contribution in [-0.2, 0) is 17.8 Å². The number of nitrogens with zero attached hydrogens (tertiary/aromatic N) is 2. The number of rotatable bonds is 6. The number of hydrogen-bond donors (Lipinski definition) is 2. The number of nitrogens with two attached hydrogens (primary N) is 1. The van der Waals surface area contributed by atoms with Crippen LogP contribution in [0, 0.1) is 0 Å². The van der Waals surface area contributed by atoms with E-state index in [9.17, 15) is 4.79 Å². The maximum absolute atomic E-state index is 11.2. The summed E-state index contributed by atoms with van der Waals surface area (Å²) in [6, 6.07) is 8.92. The maximum Gasteiger partial charge on any atom is 0.238 e. The normalized spacial score (nSPS) is 19.1.